The number of carbonyl (C=O) groups is 1. The van der Waals surface area contributed by atoms with Gasteiger partial charge in [-0.15, -0.1) is 0 Å². The topological polar surface area (TPSA) is 92.9 Å². The van der Waals surface area contributed by atoms with Gasteiger partial charge in [-0.25, -0.2) is 9.37 Å². The zero-order valence-electron chi connectivity index (χ0n) is 17.6. The van der Waals surface area contributed by atoms with E-state index in [0.29, 0.717) is 18.0 Å². The second-order valence-electron chi connectivity index (χ2n) is 7.31. The third-order valence-corrected chi connectivity index (χ3v) is 5.13. The fourth-order valence-electron chi connectivity index (χ4n) is 3.20. The van der Waals surface area contributed by atoms with Crippen molar-refractivity contribution in [3.05, 3.63) is 88.1 Å². The van der Waals surface area contributed by atoms with E-state index in [0.717, 1.165) is 11.1 Å². The molecule has 0 aliphatic carbocycles. The molecule has 0 aliphatic rings. The van der Waals surface area contributed by atoms with E-state index >= 15 is 0 Å². The number of anilines is 1. The molecule has 4 N–H and O–H groups in total. The summed E-state index contributed by atoms with van der Waals surface area (Å²) in [5.74, 6) is -5.00. The molecule has 0 saturated carbocycles. The number of carbonyl (C=O) groups excluding carboxylic acids is 1. The minimum atomic E-state index is -3.33. The standard InChI is InChI=1S/C23H23ClF3N5O/c24-18-5-4-15(6-8-28)17(11-18)13-31-20(33)12-16-7-10-30-22(21(16)25)32-14-23(26,27)19-3-1-2-9-29-19/h1-5,7,9-11H,6,8,12-14,28H2,(H,30,32)(H,31,33). The maximum atomic E-state index is 14.8. The largest absolute Gasteiger partial charge is 0.361 e. The Kier molecular flexibility index (Phi) is 8.24. The van der Waals surface area contributed by atoms with E-state index in [4.69, 9.17) is 17.3 Å². The number of pyridine rings is 2. The van der Waals surface area contributed by atoms with Gasteiger partial charge >= 0.3 is 5.92 Å². The number of nitrogens with one attached hydrogen (secondary N) is 2. The van der Waals surface area contributed by atoms with Crippen LogP contribution in [-0.4, -0.2) is 29.0 Å². The average molecular weight is 478 g/mol. The Bertz CT molecular complexity index is 1100. The van der Waals surface area contributed by atoms with Crippen LogP contribution >= 0.6 is 11.6 Å². The minimum absolute atomic E-state index is 0.0272. The molecule has 3 aromatic rings. The number of amides is 1. The number of hydrogen-bond donors (Lipinski definition) is 3. The van der Waals surface area contributed by atoms with Gasteiger partial charge in [0, 0.05) is 29.5 Å². The van der Waals surface area contributed by atoms with Crippen molar-refractivity contribution in [3.63, 3.8) is 0 Å². The first-order valence-corrected chi connectivity index (χ1v) is 10.6. The molecule has 1 aromatic carbocycles. The molecule has 0 bridgehead atoms. The molecular weight excluding hydrogens is 455 g/mol. The van der Waals surface area contributed by atoms with Gasteiger partial charge in [-0.3, -0.25) is 9.78 Å². The van der Waals surface area contributed by atoms with Crippen LogP contribution in [0.5, 0.6) is 0 Å². The zero-order chi connectivity index (χ0) is 23.8. The third-order valence-electron chi connectivity index (χ3n) is 4.90. The number of hydrogen-bond acceptors (Lipinski definition) is 5. The molecule has 10 heteroatoms. The predicted octanol–water partition coefficient (Wildman–Crippen LogP) is 3.83. The lowest BCUT2D eigenvalue weighted by Crippen LogP contribution is -2.27. The summed E-state index contributed by atoms with van der Waals surface area (Å²) in [6, 6.07) is 10.8. The predicted molar refractivity (Wildman–Crippen MR) is 121 cm³/mol. The molecule has 174 valence electrons. The van der Waals surface area contributed by atoms with E-state index in [9.17, 15) is 18.0 Å². The van der Waals surface area contributed by atoms with Crippen LogP contribution in [0, 0.1) is 5.82 Å². The Morgan fingerprint density at radius 1 is 1.06 bits per heavy atom. The van der Waals surface area contributed by atoms with Crippen molar-refractivity contribution in [3.8, 4) is 0 Å². The summed E-state index contributed by atoms with van der Waals surface area (Å²) in [5, 5.41) is 5.57. The SMILES string of the molecule is NCCc1ccc(Cl)cc1CNC(=O)Cc1ccnc(NCC(F)(F)c2ccccn2)c1F. The molecule has 0 fully saturated rings. The summed E-state index contributed by atoms with van der Waals surface area (Å²) in [6.45, 7) is -0.259. The molecule has 0 radical (unpaired) electrons. The fraction of sp³-hybridized carbons (Fsp3) is 0.261. The van der Waals surface area contributed by atoms with Gasteiger partial charge in [0.25, 0.3) is 0 Å². The zero-order valence-corrected chi connectivity index (χ0v) is 18.4. The van der Waals surface area contributed by atoms with E-state index in [1.807, 2.05) is 6.07 Å². The Hall–Kier alpha value is -3.17. The number of nitrogens with zero attached hydrogens (tertiary/aromatic N) is 2. The van der Waals surface area contributed by atoms with Crippen molar-refractivity contribution in [2.75, 3.05) is 18.4 Å². The molecule has 0 unspecified atom stereocenters. The van der Waals surface area contributed by atoms with Gasteiger partial charge in [-0.2, -0.15) is 8.78 Å². The molecule has 0 atom stereocenters. The fourth-order valence-corrected chi connectivity index (χ4v) is 3.39. The average Bonchev–Trinajstić information content (AvgIpc) is 2.80. The number of benzene rings is 1. The van der Waals surface area contributed by atoms with Crippen molar-refractivity contribution in [1.82, 2.24) is 15.3 Å². The summed E-state index contributed by atoms with van der Waals surface area (Å²) in [4.78, 5) is 19.8. The van der Waals surface area contributed by atoms with Gasteiger partial charge < -0.3 is 16.4 Å². The Morgan fingerprint density at radius 2 is 1.88 bits per heavy atom. The van der Waals surface area contributed by atoms with E-state index in [1.54, 1.807) is 12.1 Å². The van der Waals surface area contributed by atoms with Crippen LogP contribution in [0.15, 0.2) is 54.9 Å². The lowest BCUT2D eigenvalue weighted by molar-refractivity contribution is -0.120. The first-order valence-electron chi connectivity index (χ1n) is 10.2. The summed E-state index contributed by atoms with van der Waals surface area (Å²) in [5.41, 5.74) is 6.97. The Morgan fingerprint density at radius 3 is 2.61 bits per heavy atom. The normalized spacial score (nSPS) is 11.3. The molecule has 33 heavy (non-hydrogen) atoms. The van der Waals surface area contributed by atoms with Crippen LogP contribution in [0.4, 0.5) is 19.0 Å². The second kappa shape index (κ2) is 11.1. The van der Waals surface area contributed by atoms with E-state index in [1.165, 1.54) is 36.7 Å². The number of aromatic nitrogens is 2. The van der Waals surface area contributed by atoms with Crippen molar-refractivity contribution in [2.24, 2.45) is 5.73 Å². The van der Waals surface area contributed by atoms with E-state index in [2.05, 4.69) is 20.6 Å². The van der Waals surface area contributed by atoms with Gasteiger partial charge in [0.15, 0.2) is 11.6 Å². The van der Waals surface area contributed by atoms with Crippen LogP contribution in [-0.2, 0) is 30.1 Å². The highest BCUT2D eigenvalue weighted by Gasteiger charge is 2.33. The second-order valence-corrected chi connectivity index (χ2v) is 7.75. The van der Waals surface area contributed by atoms with Crippen molar-refractivity contribution >= 4 is 23.3 Å². The first-order chi connectivity index (χ1) is 15.8. The molecular formula is C23H23ClF3N5O. The van der Waals surface area contributed by atoms with E-state index < -0.39 is 29.9 Å². The van der Waals surface area contributed by atoms with Gasteiger partial charge in [-0.05, 0) is 54.4 Å². The molecule has 0 aliphatic heterocycles. The van der Waals surface area contributed by atoms with Crippen LogP contribution in [0.1, 0.15) is 22.4 Å². The highest BCUT2D eigenvalue weighted by molar-refractivity contribution is 6.30. The molecule has 3 rings (SSSR count). The van der Waals surface area contributed by atoms with Gasteiger partial charge in [0.2, 0.25) is 5.91 Å². The highest BCUT2D eigenvalue weighted by atomic mass is 35.5. The van der Waals surface area contributed by atoms with Gasteiger partial charge in [-0.1, -0.05) is 23.7 Å². The maximum absolute atomic E-state index is 14.8. The number of alkyl halides is 2. The molecule has 0 spiro atoms. The van der Waals surface area contributed by atoms with Crippen molar-refractivity contribution in [1.29, 1.82) is 0 Å². The van der Waals surface area contributed by atoms with Crippen molar-refractivity contribution in [2.45, 2.75) is 25.3 Å². The lowest BCUT2D eigenvalue weighted by atomic mass is 10.0. The van der Waals surface area contributed by atoms with Crippen LogP contribution in [0.3, 0.4) is 0 Å². The molecule has 0 saturated heterocycles. The van der Waals surface area contributed by atoms with Crippen LogP contribution in [0.2, 0.25) is 5.02 Å². The van der Waals surface area contributed by atoms with E-state index in [-0.39, 0.29) is 24.3 Å². The van der Waals surface area contributed by atoms with Crippen LogP contribution in [0.25, 0.3) is 0 Å². The number of nitrogens with two attached hydrogens (primary N) is 1. The first kappa shape index (κ1) is 24.5. The lowest BCUT2D eigenvalue weighted by Gasteiger charge is -2.17. The molecule has 2 aromatic heterocycles. The third kappa shape index (κ3) is 6.66. The molecule has 1 amide bonds. The molecule has 2 heterocycles. The summed E-state index contributed by atoms with van der Waals surface area (Å²) >= 11 is 6.04. The number of halogens is 4. The smallest absolute Gasteiger partial charge is 0.306 e. The molecule has 6 nitrogen and oxygen atoms in total. The summed E-state index contributed by atoms with van der Waals surface area (Å²) < 4.78 is 43.4. The highest BCUT2D eigenvalue weighted by Crippen LogP contribution is 2.27. The minimum Gasteiger partial charge on any atom is -0.361 e. The Labute approximate surface area is 194 Å². The van der Waals surface area contributed by atoms with Gasteiger partial charge in [0.1, 0.15) is 5.69 Å². The van der Waals surface area contributed by atoms with Crippen molar-refractivity contribution < 1.29 is 18.0 Å². The van der Waals surface area contributed by atoms with Crippen LogP contribution < -0.4 is 16.4 Å². The Balaban J connectivity index is 1.62. The maximum Gasteiger partial charge on any atom is 0.306 e. The summed E-state index contributed by atoms with van der Waals surface area (Å²) in [6.07, 6.45) is 2.85. The monoisotopic (exact) mass is 477 g/mol. The van der Waals surface area contributed by atoms with Gasteiger partial charge in [0.05, 0.1) is 13.0 Å². The quantitative estimate of drug-likeness (QED) is 0.412. The number of rotatable bonds is 10. The summed E-state index contributed by atoms with van der Waals surface area (Å²) in [7, 11) is 0.